The number of ether oxygens (including phenoxy) is 1. The Labute approximate surface area is 94.6 Å². The predicted molar refractivity (Wildman–Crippen MR) is 58.5 cm³/mol. The van der Waals surface area contributed by atoms with Crippen LogP contribution in [0.1, 0.15) is 18.9 Å². The predicted octanol–water partition coefficient (Wildman–Crippen LogP) is 1.73. The molecule has 2 N–H and O–H groups in total. The van der Waals surface area contributed by atoms with E-state index in [0.717, 1.165) is 0 Å². The van der Waals surface area contributed by atoms with Crippen LogP contribution in [-0.2, 0) is 16.1 Å². The molecule has 0 aliphatic carbocycles. The largest absolute Gasteiger partial charge is 0.461 e. The molecule has 16 heavy (non-hydrogen) atoms. The number of para-hydroxylation sites is 1. The third-order valence-electron chi connectivity index (χ3n) is 1.83. The van der Waals surface area contributed by atoms with Gasteiger partial charge in [0, 0.05) is 12.0 Å². The molecule has 6 heteroatoms. The van der Waals surface area contributed by atoms with E-state index < -0.39 is 8.60 Å². The van der Waals surface area contributed by atoms with Crippen LogP contribution in [-0.4, -0.2) is 15.8 Å². The summed E-state index contributed by atoms with van der Waals surface area (Å²) in [5, 5.41) is 0. The van der Waals surface area contributed by atoms with E-state index in [1.165, 1.54) is 0 Å². The monoisotopic (exact) mass is 244 g/mol. The minimum atomic E-state index is -2.46. The van der Waals surface area contributed by atoms with Crippen molar-refractivity contribution in [3.8, 4) is 5.75 Å². The fourth-order valence-corrected chi connectivity index (χ4v) is 1.41. The molecule has 0 atom stereocenters. The molecule has 88 valence electrons. The average molecular weight is 244 g/mol. The maximum absolute atomic E-state index is 11.0. The van der Waals surface area contributed by atoms with Crippen molar-refractivity contribution >= 4 is 14.6 Å². The topological polar surface area (TPSA) is 76.0 Å². The van der Waals surface area contributed by atoms with Crippen molar-refractivity contribution in [2.45, 2.75) is 20.0 Å². The van der Waals surface area contributed by atoms with Crippen molar-refractivity contribution in [3.63, 3.8) is 0 Å². The van der Waals surface area contributed by atoms with Crippen molar-refractivity contribution in [3.05, 3.63) is 29.8 Å². The van der Waals surface area contributed by atoms with Crippen LogP contribution in [0.3, 0.4) is 0 Å². The molecular weight excluding hydrogens is 231 g/mol. The van der Waals surface area contributed by atoms with Gasteiger partial charge in [-0.05, 0) is 6.07 Å². The molecule has 1 rings (SSSR count). The first-order chi connectivity index (χ1) is 7.63. The van der Waals surface area contributed by atoms with E-state index in [2.05, 4.69) is 0 Å². The van der Waals surface area contributed by atoms with E-state index in [9.17, 15) is 4.79 Å². The van der Waals surface area contributed by atoms with E-state index in [4.69, 9.17) is 19.0 Å². The Morgan fingerprint density at radius 3 is 2.69 bits per heavy atom. The normalized spacial score (nSPS) is 10.2. The van der Waals surface area contributed by atoms with Crippen LogP contribution in [0.25, 0.3) is 0 Å². The molecule has 0 heterocycles. The molecule has 5 nitrogen and oxygen atoms in total. The molecule has 1 aromatic carbocycles. The van der Waals surface area contributed by atoms with Gasteiger partial charge in [-0.25, -0.2) is 0 Å². The lowest BCUT2D eigenvalue weighted by Gasteiger charge is -2.10. The number of benzene rings is 1. The van der Waals surface area contributed by atoms with E-state index in [1.807, 2.05) is 0 Å². The maximum Gasteiger partial charge on any atom is 0.391 e. The van der Waals surface area contributed by atoms with Crippen LogP contribution in [0.15, 0.2) is 24.3 Å². The van der Waals surface area contributed by atoms with Gasteiger partial charge in [-0.1, -0.05) is 25.1 Å². The molecule has 0 bridgehead atoms. The molecule has 1 aromatic rings. The summed E-state index contributed by atoms with van der Waals surface area (Å²) in [5.41, 5.74) is 0.597. The zero-order valence-corrected chi connectivity index (χ0v) is 9.68. The second-order valence-electron chi connectivity index (χ2n) is 2.97. The molecule has 0 aromatic heterocycles. The van der Waals surface area contributed by atoms with Crippen LogP contribution in [0, 0.1) is 0 Å². The second-order valence-corrected chi connectivity index (χ2v) is 3.65. The van der Waals surface area contributed by atoms with E-state index in [0.29, 0.717) is 17.7 Å². The fraction of sp³-hybridized carbons (Fsp3) is 0.300. The Morgan fingerprint density at radius 2 is 2.06 bits per heavy atom. The van der Waals surface area contributed by atoms with Gasteiger partial charge >= 0.3 is 14.6 Å². The highest BCUT2D eigenvalue weighted by Crippen LogP contribution is 2.31. The smallest absolute Gasteiger partial charge is 0.391 e. The Hall–Kier alpha value is -1.16. The standard InChI is InChI=1S/C10H13O5P/c1-2-10(11)14-7-8-5-3-4-6-9(8)15-16(12)13/h3-6,12-13H,2,7H2,1H3. The minimum Gasteiger partial charge on any atom is -0.461 e. The second kappa shape index (κ2) is 6.43. The first-order valence-corrected chi connectivity index (χ1v) is 5.89. The lowest BCUT2D eigenvalue weighted by atomic mass is 10.2. The van der Waals surface area contributed by atoms with Crippen molar-refractivity contribution in [2.75, 3.05) is 0 Å². The van der Waals surface area contributed by atoms with Crippen LogP contribution >= 0.6 is 8.60 Å². The van der Waals surface area contributed by atoms with Crippen molar-refractivity contribution in [1.82, 2.24) is 0 Å². The number of esters is 1. The summed E-state index contributed by atoms with van der Waals surface area (Å²) in [6.45, 7) is 1.76. The summed E-state index contributed by atoms with van der Waals surface area (Å²) in [5.74, 6) is -0.00687. The van der Waals surface area contributed by atoms with Crippen molar-refractivity contribution in [1.29, 1.82) is 0 Å². The Balaban J connectivity index is 2.67. The van der Waals surface area contributed by atoms with E-state index in [-0.39, 0.29) is 12.6 Å². The number of carbonyl (C=O) groups excluding carboxylic acids is 1. The Kier molecular flexibility index (Phi) is 5.19. The zero-order chi connectivity index (χ0) is 12.0. The molecule has 0 spiro atoms. The lowest BCUT2D eigenvalue weighted by Crippen LogP contribution is -2.03. The molecule has 0 aliphatic rings. The molecule has 0 aliphatic heterocycles. The summed E-state index contributed by atoms with van der Waals surface area (Å²) in [6.07, 6.45) is 0.301. The third kappa shape index (κ3) is 4.14. The van der Waals surface area contributed by atoms with Crippen molar-refractivity contribution in [2.24, 2.45) is 0 Å². The minimum absolute atomic E-state index is 0.0615. The highest BCUT2D eigenvalue weighted by molar-refractivity contribution is 7.39. The van der Waals surface area contributed by atoms with Crippen LogP contribution in [0.5, 0.6) is 5.75 Å². The van der Waals surface area contributed by atoms with Crippen LogP contribution < -0.4 is 4.52 Å². The summed E-state index contributed by atoms with van der Waals surface area (Å²) in [6, 6.07) is 6.71. The number of carbonyl (C=O) groups is 1. The molecular formula is C10H13O5P. The van der Waals surface area contributed by atoms with Gasteiger partial charge < -0.3 is 19.0 Å². The van der Waals surface area contributed by atoms with Gasteiger partial charge in [0.15, 0.2) is 0 Å². The molecule has 0 fully saturated rings. The van der Waals surface area contributed by atoms with Gasteiger partial charge in [-0.3, -0.25) is 4.79 Å². The maximum atomic E-state index is 11.0. The zero-order valence-electron chi connectivity index (χ0n) is 8.79. The number of rotatable bonds is 5. The highest BCUT2D eigenvalue weighted by Gasteiger charge is 2.09. The summed E-state index contributed by atoms with van der Waals surface area (Å²) >= 11 is 0. The van der Waals surface area contributed by atoms with Crippen LogP contribution in [0.4, 0.5) is 0 Å². The van der Waals surface area contributed by atoms with Gasteiger partial charge in [0.05, 0.1) is 0 Å². The van der Waals surface area contributed by atoms with Gasteiger partial charge in [0.1, 0.15) is 12.4 Å². The molecule has 0 amide bonds. The third-order valence-corrected chi connectivity index (χ3v) is 2.19. The van der Waals surface area contributed by atoms with E-state index >= 15 is 0 Å². The van der Waals surface area contributed by atoms with Crippen molar-refractivity contribution < 1.29 is 23.8 Å². The van der Waals surface area contributed by atoms with E-state index in [1.54, 1.807) is 31.2 Å². The number of hydrogen-bond acceptors (Lipinski definition) is 5. The molecule has 0 radical (unpaired) electrons. The first kappa shape index (κ1) is 12.9. The summed E-state index contributed by atoms with van der Waals surface area (Å²) in [7, 11) is -2.46. The summed E-state index contributed by atoms with van der Waals surface area (Å²) in [4.78, 5) is 28.4. The highest BCUT2D eigenvalue weighted by atomic mass is 31.2. The SMILES string of the molecule is CCC(=O)OCc1ccccc1OP(O)O. The lowest BCUT2D eigenvalue weighted by molar-refractivity contribution is -0.144. The van der Waals surface area contributed by atoms with Gasteiger partial charge in [-0.15, -0.1) is 0 Å². The number of hydrogen-bond donors (Lipinski definition) is 2. The Bertz CT molecular complexity index is 353. The molecule has 0 saturated carbocycles. The molecule has 0 unspecified atom stereocenters. The summed E-state index contributed by atoms with van der Waals surface area (Å²) < 4.78 is 9.72. The van der Waals surface area contributed by atoms with Crippen LogP contribution in [0.2, 0.25) is 0 Å². The van der Waals surface area contributed by atoms with Gasteiger partial charge in [-0.2, -0.15) is 0 Å². The first-order valence-electron chi connectivity index (χ1n) is 4.73. The quantitative estimate of drug-likeness (QED) is 0.609. The fourth-order valence-electron chi connectivity index (χ4n) is 1.06. The average Bonchev–Trinajstić information content (AvgIpc) is 2.26. The Morgan fingerprint density at radius 1 is 1.38 bits per heavy atom. The van der Waals surface area contributed by atoms with Gasteiger partial charge in [0.25, 0.3) is 0 Å². The van der Waals surface area contributed by atoms with Gasteiger partial charge in [0.2, 0.25) is 0 Å². The molecule has 0 saturated heterocycles.